The number of anilines is 1. The maximum atomic E-state index is 12.3. The molecule has 1 fully saturated rings. The van der Waals surface area contributed by atoms with E-state index in [1.807, 2.05) is 44.3 Å². The number of nitrogens with one attached hydrogen (secondary N) is 2. The van der Waals surface area contributed by atoms with E-state index in [0.29, 0.717) is 13.1 Å². The average molecular weight is 273 g/mol. The summed E-state index contributed by atoms with van der Waals surface area (Å²) in [6, 6.07) is 7.84. The summed E-state index contributed by atoms with van der Waals surface area (Å²) in [5.74, 6) is 0. The van der Waals surface area contributed by atoms with Gasteiger partial charge in [0.05, 0.1) is 17.9 Å². The molecule has 20 heavy (non-hydrogen) atoms. The van der Waals surface area contributed by atoms with Crippen molar-refractivity contribution in [1.82, 2.24) is 9.88 Å². The SMILES string of the molecule is C[C@@H]1CN(C(=O)Nc2c[nH]c3ccccc23)C[C@@H](C)O1. The van der Waals surface area contributed by atoms with Gasteiger partial charge in [0.2, 0.25) is 0 Å². The summed E-state index contributed by atoms with van der Waals surface area (Å²) in [6.07, 6.45) is 1.98. The van der Waals surface area contributed by atoms with E-state index >= 15 is 0 Å². The minimum absolute atomic E-state index is 0.0725. The van der Waals surface area contributed by atoms with Crippen LogP contribution in [0, 0.1) is 0 Å². The summed E-state index contributed by atoms with van der Waals surface area (Å²) >= 11 is 0. The quantitative estimate of drug-likeness (QED) is 0.839. The van der Waals surface area contributed by atoms with Crippen molar-refractivity contribution in [1.29, 1.82) is 0 Å². The smallest absolute Gasteiger partial charge is 0.322 e. The second-order valence-corrected chi connectivity index (χ2v) is 5.34. The molecule has 5 nitrogen and oxygen atoms in total. The number of urea groups is 1. The highest BCUT2D eigenvalue weighted by Gasteiger charge is 2.26. The molecule has 2 amide bonds. The molecule has 2 atom stereocenters. The fraction of sp³-hybridized carbons (Fsp3) is 0.400. The van der Waals surface area contributed by atoms with E-state index in [1.165, 1.54) is 0 Å². The number of aromatic amines is 1. The van der Waals surface area contributed by atoms with Crippen LogP contribution in [0.3, 0.4) is 0 Å². The fourth-order valence-corrected chi connectivity index (χ4v) is 2.71. The normalized spacial score (nSPS) is 23.0. The van der Waals surface area contributed by atoms with Crippen LogP contribution < -0.4 is 5.32 Å². The molecular weight excluding hydrogens is 254 g/mol. The van der Waals surface area contributed by atoms with Crippen molar-refractivity contribution in [3.05, 3.63) is 30.5 Å². The molecule has 0 saturated carbocycles. The van der Waals surface area contributed by atoms with Crippen LogP contribution in [0.15, 0.2) is 30.5 Å². The molecule has 0 bridgehead atoms. The highest BCUT2D eigenvalue weighted by molar-refractivity contribution is 6.00. The molecule has 2 heterocycles. The van der Waals surface area contributed by atoms with Crippen LogP contribution in [-0.2, 0) is 4.74 Å². The standard InChI is InChI=1S/C15H19N3O2/c1-10-8-18(9-11(2)20-10)15(19)17-14-7-16-13-6-4-3-5-12(13)14/h3-7,10-11,16H,8-9H2,1-2H3,(H,17,19)/t10-,11-/m1/s1. The molecule has 0 spiro atoms. The van der Waals surface area contributed by atoms with Crippen LogP contribution in [0.1, 0.15) is 13.8 Å². The summed E-state index contributed by atoms with van der Waals surface area (Å²) < 4.78 is 5.64. The Morgan fingerprint density at radius 2 is 2.00 bits per heavy atom. The first-order valence-electron chi connectivity index (χ1n) is 6.91. The number of morpholine rings is 1. The largest absolute Gasteiger partial charge is 0.372 e. The number of ether oxygens (including phenoxy) is 1. The number of hydrogen-bond acceptors (Lipinski definition) is 2. The molecule has 1 aromatic carbocycles. The highest BCUT2D eigenvalue weighted by Crippen LogP contribution is 2.23. The molecule has 1 aromatic heterocycles. The molecule has 1 aliphatic heterocycles. The molecule has 2 N–H and O–H groups in total. The van der Waals surface area contributed by atoms with Crippen molar-refractivity contribution in [2.24, 2.45) is 0 Å². The monoisotopic (exact) mass is 273 g/mol. The third kappa shape index (κ3) is 2.49. The summed E-state index contributed by atoms with van der Waals surface area (Å²) in [5.41, 5.74) is 1.84. The highest BCUT2D eigenvalue weighted by atomic mass is 16.5. The Bertz CT molecular complexity index is 612. The van der Waals surface area contributed by atoms with Gasteiger partial charge in [-0.2, -0.15) is 0 Å². The van der Waals surface area contributed by atoms with Crippen molar-refractivity contribution in [2.45, 2.75) is 26.1 Å². The van der Waals surface area contributed by atoms with Crippen LogP contribution in [0.2, 0.25) is 0 Å². The lowest BCUT2D eigenvalue weighted by atomic mass is 10.2. The molecule has 1 aliphatic rings. The number of hydrogen-bond donors (Lipinski definition) is 2. The van der Waals surface area contributed by atoms with E-state index in [2.05, 4.69) is 10.3 Å². The summed E-state index contributed by atoms with van der Waals surface area (Å²) in [6.45, 7) is 5.22. The number of fused-ring (bicyclic) bond motifs is 1. The summed E-state index contributed by atoms with van der Waals surface area (Å²) in [7, 11) is 0. The lowest BCUT2D eigenvalue weighted by Crippen LogP contribution is -2.49. The van der Waals surface area contributed by atoms with Crippen molar-refractivity contribution in [2.75, 3.05) is 18.4 Å². The summed E-state index contributed by atoms with van der Waals surface area (Å²) in [5, 5.41) is 4.00. The van der Waals surface area contributed by atoms with Crippen molar-refractivity contribution in [3.8, 4) is 0 Å². The van der Waals surface area contributed by atoms with Crippen molar-refractivity contribution >= 4 is 22.6 Å². The number of aromatic nitrogens is 1. The molecule has 1 saturated heterocycles. The van der Waals surface area contributed by atoms with Crippen LogP contribution in [-0.4, -0.2) is 41.2 Å². The number of rotatable bonds is 1. The Balaban J connectivity index is 1.75. The predicted octanol–water partition coefficient (Wildman–Crippen LogP) is 2.81. The van der Waals surface area contributed by atoms with Crippen LogP contribution in [0.5, 0.6) is 0 Å². The Morgan fingerprint density at radius 3 is 2.75 bits per heavy atom. The Kier molecular flexibility index (Phi) is 3.36. The van der Waals surface area contributed by atoms with Gasteiger partial charge in [-0.15, -0.1) is 0 Å². The van der Waals surface area contributed by atoms with Crippen LogP contribution in [0.25, 0.3) is 10.9 Å². The Labute approximate surface area is 117 Å². The lowest BCUT2D eigenvalue weighted by molar-refractivity contribution is -0.0530. The maximum absolute atomic E-state index is 12.3. The molecule has 5 heteroatoms. The first kappa shape index (κ1) is 13.0. The van der Waals surface area contributed by atoms with Crippen molar-refractivity contribution in [3.63, 3.8) is 0 Å². The van der Waals surface area contributed by atoms with E-state index in [0.717, 1.165) is 16.6 Å². The number of benzene rings is 1. The van der Waals surface area contributed by atoms with E-state index in [9.17, 15) is 4.79 Å². The van der Waals surface area contributed by atoms with Gasteiger partial charge in [-0.25, -0.2) is 4.79 Å². The molecule has 2 aromatic rings. The van der Waals surface area contributed by atoms with Gasteiger partial charge < -0.3 is 19.9 Å². The van der Waals surface area contributed by atoms with Gasteiger partial charge in [-0.05, 0) is 19.9 Å². The lowest BCUT2D eigenvalue weighted by Gasteiger charge is -2.35. The van der Waals surface area contributed by atoms with Gasteiger partial charge in [-0.3, -0.25) is 0 Å². The zero-order valence-electron chi connectivity index (χ0n) is 11.7. The zero-order valence-corrected chi connectivity index (χ0v) is 11.7. The van der Waals surface area contributed by atoms with E-state index < -0.39 is 0 Å². The number of amides is 2. The predicted molar refractivity (Wildman–Crippen MR) is 78.9 cm³/mol. The first-order chi connectivity index (χ1) is 9.63. The second kappa shape index (κ2) is 5.17. The zero-order chi connectivity index (χ0) is 14.1. The molecule has 0 unspecified atom stereocenters. The van der Waals surface area contributed by atoms with E-state index in [4.69, 9.17) is 4.74 Å². The molecule has 0 radical (unpaired) electrons. The third-order valence-corrected chi connectivity index (χ3v) is 3.54. The first-order valence-corrected chi connectivity index (χ1v) is 6.91. The number of carbonyl (C=O) groups is 1. The third-order valence-electron chi connectivity index (χ3n) is 3.54. The van der Waals surface area contributed by atoms with E-state index in [-0.39, 0.29) is 18.2 Å². The van der Waals surface area contributed by atoms with Crippen molar-refractivity contribution < 1.29 is 9.53 Å². The number of H-pyrrole nitrogens is 1. The van der Waals surface area contributed by atoms with Gasteiger partial charge in [0.25, 0.3) is 0 Å². The average Bonchev–Trinajstić information content (AvgIpc) is 2.81. The summed E-state index contributed by atoms with van der Waals surface area (Å²) in [4.78, 5) is 17.3. The fourth-order valence-electron chi connectivity index (χ4n) is 2.71. The molecular formula is C15H19N3O2. The van der Waals surface area contributed by atoms with Gasteiger partial charge in [-0.1, -0.05) is 18.2 Å². The molecule has 3 rings (SSSR count). The van der Waals surface area contributed by atoms with Gasteiger partial charge in [0.15, 0.2) is 0 Å². The topological polar surface area (TPSA) is 57.4 Å². The van der Waals surface area contributed by atoms with Crippen LogP contribution in [0.4, 0.5) is 10.5 Å². The number of para-hydroxylation sites is 1. The Hall–Kier alpha value is -2.01. The Morgan fingerprint density at radius 1 is 1.30 bits per heavy atom. The van der Waals surface area contributed by atoms with Gasteiger partial charge in [0, 0.05) is 30.2 Å². The van der Waals surface area contributed by atoms with Gasteiger partial charge in [0.1, 0.15) is 0 Å². The molecule has 0 aliphatic carbocycles. The minimum Gasteiger partial charge on any atom is -0.372 e. The minimum atomic E-state index is -0.0725. The van der Waals surface area contributed by atoms with E-state index in [1.54, 1.807) is 4.90 Å². The maximum Gasteiger partial charge on any atom is 0.322 e. The van der Waals surface area contributed by atoms with Crippen LogP contribution >= 0.6 is 0 Å². The second-order valence-electron chi connectivity index (χ2n) is 5.34. The van der Waals surface area contributed by atoms with Gasteiger partial charge >= 0.3 is 6.03 Å². The number of carbonyl (C=O) groups excluding carboxylic acids is 1. The number of nitrogens with zero attached hydrogens (tertiary/aromatic N) is 1. The molecule has 106 valence electrons.